The quantitative estimate of drug-likeness (QED) is 0.603. The van der Waals surface area contributed by atoms with Crippen molar-refractivity contribution in [2.75, 3.05) is 44.2 Å². The van der Waals surface area contributed by atoms with Crippen LogP contribution in [0.3, 0.4) is 0 Å². The number of fused-ring (bicyclic) bond motifs is 1. The number of amides is 2. The van der Waals surface area contributed by atoms with Gasteiger partial charge in [0, 0.05) is 38.4 Å². The van der Waals surface area contributed by atoms with Gasteiger partial charge in [-0.15, -0.1) is 0 Å². The number of benzene rings is 1. The van der Waals surface area contributed by atoms with E-state index < -0.39 is 5.60 Å². The molecule has 0 spiro atoms. The van der Waals surface area contributed by atoms with E-state index in [0.29, 0.717) is 38.7 Å². The number of piperazine rings is 1. The molecule has 1 aromatic rings. The van der Waals surface area contributed by atoms with Crippen molar-refractivity contribution in [1.82, 2.24) is 9.80 Å². The van der Waals surface area contributed by atoms with Crippen LogP contribution in [0.25, 0.3) is 0 Å². The zero-order chi connectivity index (χ0) is 21.0. The van der Waals surface area contributed by atoms with Gasteiger partial charge in [0.2, 0.25) is 5.91 Å². The molecule has 1 saturated heterocycles. The topological polar surface area (TPSA) is 91.5 Å². The minimum absolute atomic E-state index is 0.0203. The zero-order valence-corrected chi connectivity index (χ0v) is 17.6. The van der Waals surface area contributed by atoms with Crippen LogP contribution in [-0.4, -0.2) is 72.6 Å². The van der Waals surface area contributed by atoms with Crippen molar-refractivity contribution < 1.29 is 14.3 Å². The number of carbonyl (C=O) groups is 2. The zero-order valence-electron chi connectivity index (χ0n) is 17.6. The van der Waals surface area contributed by atoms with Gasteiger partial charge in [-0.25, -0.2) is 9.79 Å². The number of anilines is 1. The van der Waals surface area contributed by atoms with Crippen LogP contribution in [0.5, 0.6) is 0 Å². The lowest BCUT2D eigenvalue weighted by Crippen LogP contribution is -2.53. The first kappa shape index (κ1) is 21.0. The van der Waals surface area contributed by atoms with E-state index in [-0.39, 0.29) is 18.5 Å². The number of guanidine groups is 1. The van der Waals surface area contributed by atoms with Crippen LogP contribution in [0, 0.1) is 0 Å². The molecule has 2 aliphatic rings. The Balaban J connectivity index is 1.52. The Labute approximate surface area is 172 Å². The van der Waals surface area contributed by atoms with Crippen LogP contribution in [0.1, 0.15) is 32.8 Å². The van der Waals surface area contributed by atoms with Gasteiger partial charge >= 0.3 is 6.09 Å². The van der Waals surface area contributed by atoms with Crippen molar-refractivity contribution in [2.24, 2.45) is 10.7 Å². The molecule has 158 valence electrons. The summed E-state index contributed by atoms with van der Waals surface area (Å²) in [6, 6.07) is 8.00. The molecule has 29 heavy (non-hydrogen) atoms. The summed E-state index contributed by atoms with van der Waals surface area (Å²) < 4.78 is 5.40. The number of nitrogens with zero attached hydrogens (tertiary/aromatic N) is 4. The van der Waals surface area contributed by atoms with Gasteiger partial charge in [-0.05, 0) is 45.2 Å². The third-order valence-electron chi connectivity index (χ3n) is 5.04. The average molecular weight is 402 g/mol. The van der Waals surface area contributed by atoms with E-state index in [0.717, 1.165) is 18.5 Å². The fraction of sp³-hybridized carbons (Fsp3) is 0.571. The van der Waals surface area contributed by atoms with Crippen molar-refractivity contribution >= 4 is 23.6 Å². The standard InChI is InChI=1S/C21H31N5O3/c1-21(2,3)29-20(28)25-13-11-24(12-14-25)19(22)23-15-18(27)26-10-6-8-16-7-4-5-9-17(16)26/h4-5,7,9H,6,8,10-15H2,1-3H3,(H2,22,23). The van der Waals surface area contributed by atoms with E-state index in [1.165, 1.54) is 5.56 Å². The molecule has 3 rings (SSSR count). The minimum atomic E-state index is -0.512. The summed E-state index contributed by atoms with van der Waals surface area (Å²) in [5.74, 6) is 0.292. The van der Waals surface area contributed by atoms with Gasteiger partial charge in [0.05, 0.1) is 0 Å². The monoisotopic (exact) mass is 401 g/mol. The second kappa shape index (κ2) is 8.71. The highest BCUT2D eigenvalue weighted by molar-refractivity contribution is 5.97. The number of aryl methyl sites for hydroxylation is 1. The molecule has 2 aliphatic heterocycles. The Morgan fingerprint density at radius 1 is 1.07 bits per heavy atom. The Hall–Kier alpha value is -2.77. The Morgan fingerprint density at radius 2 is 1.72 bits per heavy atom. The maximum absolute atomic E-state index is 12.7. The molecule has 0 aromatic heterocycles. The molecule has 0 bridgehead atoms. The molecule has 1 aromatic carbocycles. The SMILES string of the molecule is CC(C)(C)OC(=O)N1CCN(C(N)=NCC(=O)N2CCCc3ccccc32)CC1. The summed E-state index contributed by atoms with van der Waals surface area (Å²) >= 11 is 0. The highest BCUT2D eigenvalue weighted by atomic mass is 16.6. The molecule has 0 radical (unpaired) electrons. The van der Waals surface area contributed by atoms with Crippen molar-refractivity contribution in [1.29, 1.82) is 0 Å². The van der Waals surface area contributed by atoms with E-state index in [1.807, 2.05) is 43.9 Å². The largest absolute Gasteiger partial charge is 0.444 e. The van der Waals surface area contributed by atoms with E-state index in [4.69, 9.17) is 10.5 Å². The average Bonchev–Trinajstić information content (AvgIpc) is 2.70. The smallest absolute Gasteiger partial charge is 0.410 e. The lowest BCUT2D eigenvalue weighted by atomic mass is 10.0. The van der Waals surface area contributed by atoms with Gasteiger partial charge in [-0.3, -0.25) is 4.79 Å². The number of para-hydroxylation sites is 1. The number of hydrogen-bond acceptors (Lipinski definition) is 4. The van der Waals surface area contributed by atoms with Crippen molar-refractivity contribution in [2.45, 2.75) is 39.2 Å². The second-order valence-corrected chi connectivity index (χ2v) is 8.41. The molecule has 2 amide bonds. The predicted octanol–water partition coefficient (Wildman–Crippen LogP) is 1.83. The summed E-state index contributed by atoms with van der Waals surface area (Å²) in [5, 5.41) is 0. The van der Waals surface area contributed by atoms with Gasteiger partial charge in [0.25, 0.3) is 0 Å². The number of hydrogen-bond donors (Lipinski definition) is 1. The summed E-state index contributed by atoms with van der Waals surface area (Å²) in [7, 11) is 0. The van der Waals surface area contributed by atoms with E-state index in [9.17, 15) is 9.59 Å². The lowest BCUT2D eigenvalue weighted by Gasteiger charge is -2.36. The Morgan fingerprint density at radius 3 is 2.41 bits per heavy atom. The second-order valence-electron chi connectivity index (χ2n) is 8.41. The first-order valence-electron chi connectivity index (χ1n) is 10.2. The van der Waals surface area contributed by atoms with E-state index in [1.54, 1.807) is 9.80 Å². The Bertz CT molecular complexity index is 779. The van der Waals surface area contributed by atoms with Crippen LogP contribution >= 0.6 is 0 Å². The number of carbonyl (C=O) groups excluding carboxylic acids is 2. The normalized spacial score (nSPS) is 17.8. The third-order valence-corrected chi connectivity index (χ3v) is 5.04. The van der Waals surface area contributed by atoms with Crippen molar-refractivity contribution in [3.8, 4) is 0 Å². The van der Waals surface area contributed by atoms with Crippen LogP contribution in [0.4, 0.5) is 10.5 Å². The number of rotatable bonds is 2. The van der Waals surface area contributed by atoms with Gasteiger partial charge in [-0.1, -0.05) is 18.2 Å². The molecule has 8 heteroatoms. The van der Waals surface area contributed by atoms with Crippen LogP contribution in [0.15, 0.2) is 29.3 Å². The van der Waals surface area contributed by atoms with Gasteiger partial charge in [-0.2, -0.15) is 0 Å². The highest BCUT2D eigenvalue weighted by Crippen LogP contribution is 2.26. The molecule has 2 N–H and O–H groups in total. The molecule has 8 nitrogen and oxygen atoms in total. The van der Waals surface area contributed by atoms with Gasteiger partial charge in [0.15, 0.2) is 5.96 Å². The molecular formula is C21H31N5O3. The number of ether oxygens (including phenoxy) is 1. The predicted molar refractivity (Wildman–Crippen MR) is 113 cm³/mol. The number of aliphatic imine (C=N–C) groups is 1. The summed E-state index contributed by atoms with van der Waals surface area (Å²) in [6.45, 7) is 8.44. The molecule has 0 unspecified atom stereocenters. The van der Waals surface area contributed by atoms with Gasteiger partial charge < -0.3 is 25.2 Å². The third kappa shape index (κ3) is 5.40. The van der Waals surface area contributed by atoms with Crippen molar-refractivity contribution in [3.05, 3.63) is 29.8 Å². The molecular weight excluding hydrogens is 370 g/mol. The number of nitrogens with two attached hydrogens (primary N) is 1. The first-order chi connectivity index (χ1) is 13.7. The fourth-order valence-electron chi connectivity index (χ4n) is 3.57. The van der Waals surface area contributed by atoms with Crippen LogP contribution in [0.2, 0.25) is 0 Å². The molecule has 0 atom stereocenters. The summed E-state index contributed by atoms with van der Waals surface area (Å²) in [6.07, 6.45) is 1.63. The fourth-order valence-corrected chi connectivity index (χ4v) is 3.57. The van der Waals surface area contributed by atoms with Crippen molar-refractivity contribution in [3.63, 3.8) is 0 Å². The minimum Gasteiger partial charge on any atom is -0.444 e. The molecule has 2 heterocycles. The maximum Gasteiger partial charge on any atom is 0.410 e. The Kier molecular flexibility index (Phi) is 6.30. The van der Waals surface area contributed by atoms with Gasteiger partial charge in [0.1, 0.15) is 12.1 Å². The first-order valence-corrected chi connectivity index (χ1v) is 10.2. The molecule has 0 aliphatic carbocycles. The van der Waals surface area contributed by atoms with E-state index in [2.05, 4.69) is 11.1 Å². The summed E-state index contributed by atoms with van der Waals surface area (Å²) in [5.41, 5.74) is 7.77. The molecule has 1 fully saturated rings. The molecule has 0 saturated carbocycles. The lowest BCUT2D eigenvalue weighted by molar-refractivity contribution is -0.117. The maximum atomic E-state index is 12.7. The van der Waals surface area contributed by atoms with Crippen LogP contribution < -0.4 is 10.6 Å². The highest BCUT2D eigenvalue weighted by Gasteiger charge is 2.27. The summed E-state index contributed by atoms with van der Waals surface area (Å²) in [4.78, 5) is 34.5. The van der Waals surface area contributed by atoms with Crippen LogP contribution in [-0.2, 0) is 16.0 Å². The van der Waals surface area contributed by atoms with E-state index >= 15 is 0 Å².